The zero-order valence-corrected chi connectivity index (χ0v) is 32.9. The highest BCUT2D eigenvalue weighted by atomic mass is 16.6. The predicted molar refractivity (Wildman–Crippen MR) is 216 cm³/mol. The van der Waals surface area contributed by atoms with Crippen molar-refractivity contribution < 1.29 is 42.8 Å². The van der Waals surface area contributed by atoms with Crippen molar-refractivity contribution in [3.8, 4) is 17.2 Å². The fourth-order valence-electron chi connectivity index (χ4n) is 5.04. The molecule has 3 N–H and O–H groups in total. The first-order valence-corrected chi connectivity index (χ1v) is 18.3. The quantitative estimate of drug-likeness (QED) is 0.0515. The molecule has 0 radical (unpaired) electrons. The van der Waals surface area contributed by atoms with Crippen LogP contribution in [0.15, 0.2) is 106 Å². The van der Waals surface area contributed by atoms with Gasteiger partial charge in [0, 0.05) is 0 Å². The normalized spacial score (nSPS) is 11.6. The van der Waals surface area contributed by atoms with E-state index in [4.69, 9.17) is 28.4 Å². The summed E-state index contributed by atoms with van der Waals surface area (Å²) < 4.78 is 33.0. The van der Waals surface area contributed by atoms with Crippen molar-refractivity contribution >= 4 is 35.4 Å². The van der Waals surface area contributed by atoms with Crippen molar-refractivity contribution in [2.75, 3.05) is 19.8 Å². The van der Waals surface area contributed by atoms with Crippen LogP contribution in [-0.2, 0) is 34.0 Å². The van der Waals surface area contributed by atoms with Crippen molar-refractivity contribution in [3.05, 3.63) is 124 Å². The lowest BCUT2D eigenvalue weighted by atomic mass is 10.1. The van der Waals surface area contributed by atoms with E-state index in [0.717, 1.165) is 33.4 Å². The van der Waals surface area contributed by atoms with Crippen LogP contribution in [0.1, 0.15) is 74.9 Å². The van der Waals surface area contributed by atoms with E-state index >= 15 is 0 Å². The molecule has 0 aliphatic heterocycles. The van der Waals surface area contributed by atoms with Crippen LogP contribution in [0.2, 0.25) is 0 Å². The highest BCUT2D eigenvalue weighted by Gasteiger charge is 2.09. The second-order valence-electron chi connectivity index (χ2n) is 12.2. The summed E-state index contributed by atoms with van der Waals surface area (Å²) in [7, 11) is 0. The number of ether oxygens (including phenoxy) is 6. The molecule has 300 valence electrons. The fourth-order valence-corrected chi connectivity index (χ4v) is 5.04. The molecule has 0 spiro atoms. The average Bonchev–Trinajstić information content (AvgIpc) is 3.22. The standard InChI is InChI=1S/C42H48N6O9/c1-7-52-40(49)46-43-28(4)34-10-16-37(17-11-34)55-25-31-22-32(26-56-38-18-12-35(13-19-38)29(5)44-47-41(50)53-8-2)24-33(23-31)27-57-39-20-14-36(15-21-39)30(6)45-48-42(51)54-9-3/h10-24H,7-9,25-27H2,1-6H3,(H,46,49)(H,47,50)(H,48,51)/b43-28-,44-29+,45-30+. The summed E-state index contributed by atoms with van der Waals surface area (Å²) >= 11 is 0. The molecule has 0 heterocycles. The molecule has 4 rings (SSSR count). The molecule has 0 fully saturated rings. The van der Waals surface area contributed by atoms with E-state index in [1.54, 1.807) is 41.5 Å². The summed E-state index contributed by atoms with van der Waals surface area (Å²) in [5.41, 5.74) is 14.1. The van der Waals surface area contributed by atoms with Crippen LogP contribution < -0.4 is 30.5 Å². The predicted octanol–water partition coefficient (Wildman–Crippen LogP) is 7.83. The van der Waals surface area contributed by atoms with Crippen molar-refractivity contribution in [1.29, 1.82) is 0 Å². The third-order valence-corrected chi connectivity index (χ3v) is 7.92. The Hall–Kier alpha value is -6.90. The molecule has 4 aromatic carbocycles. The van der Waals surface area contributed by atoms with E-state index in [1.807, 2.05) is 91.0 Å². The van der Waals surface area contributed by atoms with Crippen LogP contribution in [0, 0.1) is 0 Å². The molecule has 0 aliphatic rings. The Kier molecular flexibility index (Phi) is 16.9. The maximum atomic E-state index is 11.6. The average molecular weight is 781 g/mol. The molecule has 3 amide bonds. The second kappa shape index (κ2) is 22.5. The highest BCUT2D eigenvalue weighted by Crippen LogP contribution is 2.21. The lowest BCUT2D eigenvalue weighted by Crippen LogP contribution is -2.20. The summed E-state index contributed by atoms with van der Waals surface area (Å²) in [5.74, 6) is 1.95. The van der Waals surface area contributed by atoms with Crippen molar-refractivity contribution in [1.82, 2.24) is 16.3 Å². The van der Waals surface area contributed by atoms with Crippen LogP contribution in [-0.4, -0.2) is 55.2 Å². The van der Waals surface area contributed by atoms with Crippen molar-refractivity contribution in [2.24, 2.45) is 15.3 Å². The van der Waals surface area contributed by atoms with Gasteiger partial charge in [0.05, 0.1) is 37.0 Å². The number of hydrogen-bond donors (Lipinski definition) is 3. The summed E-state index contributed by atoms with van der Waals surface area (Å²) in [6.45, 7) is 12.1. The summed E-state index contributed by atoms with van der Waals surface area (Å²) in [5, 5.41) is 12.2. The van der Waals surface area contributed by atoms with Gasteiger partial charge in [0.1, 0.15) is 37.1 Å². The van der Waals surface area contributed by atoms with E-state index in [1.165, 1.54) is 0 Å². The summed E-state index contributed by atoms with van der Waals surface area (Å²) in [6, 6.07) is 28.2. The SMILES string of the molecule is CCOC(=O)N/N=C(/C)c1ccc(OCc2cc(COc3ccc(/C(C)=N/NC(=O)OCC)cc3)cc(COc3ccc(/C(C)=N/NC(=O)OCC)cc3)c2)cc1. The number of benzene rings is 4. The van der Waals surface area contributed by atoms with Gasteiger partial charge in [-0.05, 0) is 166 Å². The maximum Gasteiger partial charge on any atom is 0.427 e. The van der Waals surface area contributed by atoms with Gasteiger partial charge in [-0.3, -0.25) is 0 Å². The lowest BCUT2D eigenvalue weighted by Gasteiger charge is -2.14. The second-order valence-corrected chi connectivity index (χ2v) is 12.2. The monoisotopic (exact) mass is 780 g/mol. The third kappa shape index (κ3) is 14.7. The van der Waals surface area contributed by atoms with Gasteiger partial charge in [0.2, 0.25) is 0 Å². The number of carbonyl (C=O) groups excluding carboxylic acids is 3. The number of carbonyl (C=O) groups is 3. The molecule has 0 aliphatic carbocycles. The highest BCUT2D eigenvalue weighted by molar-refractivity contribution is 6.00. The van der Waals surface area contributed by atoms with Gasteiger partial charge in [-0.15, -0.1) is 0 Å². The number of rotatable bonds is 18. The first-order valence-electron chi connectivity index (χ1n) is 18.3. The number of nitrogens with one attached hydrogen (secondary N) is 3. The minimum Gasteiger partial charge on any atom is -0.489 e. The molecular formula is C42H48N6O9. The minimum absolute atomic E-state index is 0.254. The Labute approximate surface area is 332 Å². The summed E-state index contributed by atoms with van der Waals surface area (Å²) in [6.07, 6.45) is -1.85. The van der Waals surface area contributed by atoms with E-state index in [0.29, 0.717) is 34.4 Å². The van der Waals surface area contributed by atoms with Gasteiger partial charge in [-0.1, -0.05) is 0 Å². The number of amides is 3. The van der Waals surface area contributed by atoms with E-state index < -0.39 is 18.3 Å². The maximum absolute atomic E-state index is 11.6. The fraction of sp³-hybridized carbons (Fsp3) is 0.286. The van der Waals surface area contributed by atoms with Crippen LogP contribution in [0.25, 0.3) is 0 Å². The molecule has 0 aromatic heterocycles. The van der Waals surface area contributed by atoms with E-state index in [2.05, 4.69) is 31.6 Å². The molecule has 4 aromatic rings. The van der Waals surface area contributed by atoms with Gasteiger partial charge in [-0.25, -0.2) is 30.7 Å². The Morgan fingerprint density at radius 1 is 0.439 bits per heavy atom. The topological polar surface area (TPSA) is 180 Å². The molecule has 0 atom stereocenters. The van der Waals surface area contributed by atoms with E-state index in [-0.39, 0.29) is 39.6 Å². The first-order chi connectivity index (χ1) is 27.6. The van der Waals surface area contributed by atoms with Crippen LogP contribution >= 0.6 is 0 Å². The number of hydrogen-bond acceptors (Lipinski definition) is 12. The number of nitrogens with zero attached hydrogens (tertiary/aromatic N) is 3. The molecule has 15 nitrogen and oxygen atoms in total. The van der Waals surface area contributed by atoms with Crippen molar-refractivity contribution in [3.63, 3.8) is 0 Å². The Balaban J connectivity index is 1.45. The van der Waals surface area contributed by atoms with Gasteiger partial charge in [-0.2, -0.15) is 15.3 Å². The summed E-state index contributed by atoms with van der Waals surface area (Å²) in [4.78, 5) is 34.8. The lowest BCUT2D eigenvalue weighted by molar-refractivity contribution is 0.151. The largest absolute Gasteiger partial charge is 0.489 e. The Morgan fingerprint density at radius 3 is 0.912 bits per heavy atom. The van der Waals surface area contributed by atoms with Gasteiger partial charge in [0.15, 0.2) is 0 Å². The smallest absolute Gasteiger partial charge is 0.427 e. The molecule has 0 saturated carbocycles. The molecule has 0 saturated heterocycles. The molecule has 15 heteroatoms. The molecule has 0 bridgehead atoms. The molecular weight excluding hydrogens is 732 g/mol. The zero-order valence-electron chi connectivity index (χ0n) is 32.9. The molecule has 0 unspecified atom stereocenters. The number of hydrazone groups is 3. The molecule has 57 heavy (non-hydrogen) atoms. The third-order valence-electron chi connectivity index (χ3n) is 7.92. The van der Waals surface area contributed by atoms with Gasteiger partial charge >= 0.3 is 18.3 Å². The van der Waals surface area contributed by atoms with Crippen LogP contribution in [0.4, 0.5) is 14.4 Å². The van der Waals surface area contributed by atoms with Gasteiger partial charge in [0.25, 0.3) is 0 Å². The first kappa shape index (κ1) is 42.8. The van der Waals surface area contributed by atoms with Crippen LogP contribution in [0.5, 0.6) is 17.2 Å². The van der Waals surface area contributed by atoms with Gasteiger partial charge < -0.3 is 28.4 Å². The minimum atomic E-state index is -0.616. The Bertz CT molecular complexity index is 1790. The van der Waals surface area contributed by atoms with Crippen LogP contribution in [0.3, 0.4) is 0 Å². The van der Waals surface area contributed by atoms with Crippen molar-refractivity contribution in [2.45, 2.75) is 61.4 Å². The van der Waals surface area contributed by atoms with E-state index in [9.17, 15) is 14.4 Å². The zero-order chi connectivity index (χ0) is 41.0. The Morgan fingerprint density at radius 2 is 0.684 bits per heavy atom.